The second kappa shape index (κ2) is 5.95. The number of nitrogens with zero attached hydrogens (tertiary/aromatic N) is 4. The molecule has 9 heteroatoms. The first-order valence-electron chi connectivity index (χ1n) is 6.01. The minimum absolute atomic E-state index is 0.131. The van der Waals surface area contributed by atoms with Crippen molar-refractivity contribution >= 4 is 29.1 Å². The molecule has 2 heterocycles. The predicted molar refractivity (Wildman–Crippen MR) is 77.5 cm³/mol. The Morgan fingerprint density at radius 2 is 2.50 bits per heavy atom. The van der Waals surface area contributed by atoms with Gasteiger partial charge in [-0.05, 0) is 0 Å². The maximum atomic E-state index is 11.2. The number of hydrogen-bond acceptors (Lipinski definition) is 7. The van der Waals surface area contributed by atoms with E-state index in [1.54, 1.807) is 0 Å². The van der Waals surface area contributed by atoms with Crippen LogP contribution < -0.4 is 10.6 Å². The van der Waals surface area contributed by atoms with Crippen molar-refractivity contribution in [1.29, 1.82) is 0 Å². The second-order valence-corrected chi connectivity index (χ2v) is 5.98. The molecule has 1 aromatic heterocycles. The summed E-state index contributed by atoms with van der Waals surface area (Å²) in [5.41, 5.74) is 5.53. The first-order valence-corrected chi connectivity index (χ1v) is 7.06. The Morgan fingerprint density at radius 1 is 1.75 bits per heavy atom. The number of aromatic nitrogens is 1. The average Bonchev–Trinajstić information content (AvgIpc) is 2.45. The highest BCUT2D eigenvalue weighted by atomic mass is 32.2. The van der Waals surface area contributed by atoms with Crippen LogP contribution in [0.2, 0.25) is 0 Å². The van der Waals surface area contributed by atoms with E-state index in [0.717, 1.165) is 5.75 Å². The highest BCUT2D eigenvalue weighted by Crippen LogP contribution is 2.30. The molecule has 108 valence electrons. The highest BCUT2D eigenvalue weighted by Gasteiger charge is 2.26. The number of rotatable bonds is 3. The molecular formula is C11H15N5O3S. The van der Waals surface area contributed by atoms with Gasteiger partial charge in [0.1, 0.15) is 0 Å². The Morgan fingerprint density at radius 3 is 3.10 bits per heavy atom. The Hall–Kier alpha value is -2.03. The summed E-state index contributed by atoms with van der Waals surface area (Å²) in [6.07, 6.45) is 1.38. The third-order valence-electron chi connectivity index (χ3n) is 2.99. The smallest absolute Gasteiger partial charge is 0.312 e. The van der Waals surface area contributed by atoms with Crippen molar-refractivity contribution < 1.29 is 10.1 Å². The molecule has 0 bridgehead atoms. The van der Waals surface area contributed by atoms with Crippen molar-refractivity contribution in [3.05, 3.63) is 27.9 Å². The Kier molecular flexibility index (Phi) is 4.28. The minimum atomic E-state index is -0.497. The number of thioether (sulfide) groups is 1. The SMILES string of the molecule is CC1CN(c2ncc(C(N)=NO)cc2[N+](=O)[O-])CCS1. The van der Waals surface area contributed by atoms with E-state index in [0.29, 0.717) is 24.2 Å². The summed E-state index contributed by atoms with van der Waals surface area (Å²) >= 11 is 1.83. The number of pyridine rings is 1. The molecule has 1 atom stereocenters. The maximum Gasteiger partial charge on any atom is 0.312 e. The summed E-state index contributed by atoms with van der Waals surface area (Å²) in [6, 6.07) is 1.28. The molecule has 20 heavy (non-hydrogen) atoms. The van der Waals surface area contributed by atoms with E-state index in [2.05, 4.69) is 17.1 Å². The molecule has 0 amide bonds. The molecule has 1 aliphatic heterocycles. The minimum Gasteiger partial charge on any atom is -0.409 e. The number of oxime groups is 1. The lowest BCUT2D eigenvalue weighted by molar-refractivity contribution is -0.384. The molecule has 1 unspecified atom stereocenters. The Labute approximate surface area is 119 Å². The topological polar surface area (TPSA) is 118 Å². The molecule has 3 N–H and O–H groups in total. The van der Waals surface area contributed by atoms with Gasteiger partial charge >= 0.3 is 5.69 Å². The third kappa shape index (κ3) is 2.93. The van der Waals surface area contributed by atoms with Crippen LogP contribution in [0.15, 0.2) is 17.4 Å². The molecule has 8 nitrogen and oxygen atoms in total. The standard InChI is InChI=1S/C11H15N5O3S/c1-7-6-15(2-3-20-7)11-9(16(18)19)4-8(5-13-11)10(12)14-17/h4-5,7,17H,2-3,6H2,1H3,(H2,12,14). The first-order chi connectivity index (χ1) is 9.52. The van der Waals surface area contributed by atoms with Gasteiger partial charge in [-0.2, -0.15) is 11.8 Å². The fourth-order valence-corrected chi connectivity index (χ4v) is 3.05. The lowest BCUT2D eigenvalue weighted by Crippen LogP contribution is -2.37. The third-order valence-corrected chi connectivity index (χ3v) is 4.12. The van der Waals surface area contributed by atoms with Crippen LogP contribution in [-0.2, 0) is 0 Å². The van der Waals surface area contributed by atoms with Crippen molar-refractivity contribution in [1.82, 2.24) is 4.98 Å². The summed E-state index contributed by atoms with van der Waals surface area (Å²) in [4.78, 5) is 16.7. The second-order valence-electron chi connectivity index (χ2n) is 4.44. The van der Waals surface area contributed by atoms with E-state index in [4.69, 9.17) is 10.9 Å². The number of amidine groups is 1. The average molecular weight is 297 g/mol. The molecule has 1 aromatic rings. The molecule has 0 saturated carbocycles. The Bertz CT molecular complexity index is 551. The van der Waals surface area contributed by atoms with Gasteiger partial charge < -0.3 is 15.8 Å². The lowest BCUT2D eigenvalue weighted by Gasteiger charge is -2.31. The summed E-state index contributed by atoms with van der Waals surface area (Å²) in [7, 11) is 0. The van der Waals surface area contributed by atoms with Crippen molar-refractivity contribution in [3.8, 4) is 0 Å². The fourth-order valence-electron chi connectivity index (χ4n) is 2.03. The van der Waals surface area contributed by atoms with Gasteiger partial charge in [-0.15, -0.1) is 0 Å². The van der Waals surface area contributed by atoms with Crippen LogP contribution in [0.25, 0.3) is 0 Å². The molecule has 0 aliphatic carbocycles. The summed E-state index contributed by atoms with van der Waals surface area (Å²) in [6.45, 7) is 3.50. The van der Waals surface area contributed by atoms with Crippen LogP contribution in [0.1, 0.15) is 12.5 Å². The fraction of sp³-hybridized carbons (Fsp3) is 0.455. The maximum absolute atomic E-state index is 11.2. The molecule has 0 radical (unpaired) electrons. The van der Waals surface area contributed by atoms with E-state index in [1.165, 1.54) is 12.3 Å². The number of nitro groups is 1. The van der Waals surface area contributed by atoms with E-state index in [9.17, 15) is 10.1 Å². The molecule has 1 fully saturated rings. The van der Waals surface area contributed by atoms with Crippen LogP contribution in [0.5, 0.6) is 0 Å². The summed E-state index contributed by atoms with van der Waals surface area (Å²) in [5, 5.41) is 23.0. The van der Waals surface area contributed by atoms with Crippen molar-refractivity contribution in [2.24, 2.45) is 10.9 Å². The van der Waals surface area contributed by atoms with Crippen LogP contribution >= 0.6 is 11.8 Å². The molecule has 2 rings (SSSR count). The molecule has 1 saturated heterocycles. The zero-order valence-electron chi connectivity index (χ0n) is 10.9. The van der Waals surface area contributed by atoms with Crippen LogP contribution in [0.3, 0.4) is 0 Å². The summed E-state index contributed by atoms with van der Waals surface area (Å²) < 4.78 is 0. The number of anilines is 1. The van der Waals surface area contributed by atoms with Crippen molar-refractivity contribution in [2.45, 2.75) is 12.2 Å². The van der Waals surface area contributed by atoms with Gasteiger partial charge in [0, 0.05) is 41.9 Å². The Balaban J connectivity index is 2.40. The van der Waals surface area contributed by atoms with Gasteiger partial charge in [-0.3, -0.25) is 10.1 Å². The van der Waals surface area contributed by atoms with Crippen molar-refractivity contribution in [2.75, 3.05) is 23.7 Å². The summed E-state index contributed by atoms with van der Waals surface area (Å²) in [5.74, 6) is 1.04. The monoisotopic (exact) mass is 297 g/mol. The largest absolute Gasteiger partial charge is 0.409 e. The van der Waals surface area contributed by atoms with Gasteiger partial charge in [0.15, 0.2) is 5.84 Å². The zero-order chi connectivity index (χ0) is 14.7. The predicted octanol–water partition coefficient (Wildman–Crippen LogP) is 1.03. The quantitative estimate of drug-likeness (QED) is 0.281. The first kappa shape index (κ1) is 14.4. The van der Waals surface area contributed by atoms with Crippen LogP contribution in [0.4, 0.5) is 11.5 Å². The normalized spacial score (nSPS) is 19.9. The van der Waals surface area contributed by atoms with Crippen LogP contribution in [-0.4, -0.2) is 45.0 Å². The van der Waals surface area contributed by atoms with E-state index in [1.807, 2.05) is 16.7 Å². The lowest BCUT2D eigenvalue weighted by atomic mass is 10.2. The van der Waals surface area contributed by atoms with Gasteiger partial charge in [-0.25, -0.2) is 4.98 Å². The molecular weight excluding hydrogens is 282 g/mol. The highest BCUT2D eigenvalue weighted by molar-refractivity contribution is 8.00. The van der Waals surface area contributed by atoms with E-state index < -0.39 is 4.92 Å². The van der Waals surface area contributed by atoms with Gasteiger partial charge in [0.05, 0.1) is 4.92 Å². The number of hydrogen-bond donors (Lipinski definition) is 2. The van der Waals surface area contributed by atoms with Gasteiger partial charge in [-0.1, -0.05) is 12.1 Å². The molecule has 0 spiro atoms. The van der Waals surface area contributed by atoms with Crippen LogP contribution in [0, 0.1) is 10.1 Å². The zero-order valence-corrected chi connectivity index (χ0v) is 11.7. The molecule has 0 aromatic carbocycles. The molecule has 1 aliphatic rings. The van der Waals surface area contributed by atoms with Crippen molar-refractivity contribution in [3.63, 3.8) is 0 Å². The van der Waals surface area contributed by atoms with E-state index >= 15 is 0 Å². The van der Waals surface area contributed by atoms with Gasteiger partial charge in [0.2, 0.25) is 5.82 Å². The van der Waals surface area contributed by atoms with Gasteiger partial charge in [0.25, 0.3) is 0 Å². The van der Waals surface area contributed by atoms with E-state index in [-0.39, 0.29) is 17.1 Å². The number of nitrogens with two attached hydrogens (primary N) is 1.